The van der Waals surface area contributed by atoms with E-state index in [1.165, 1.54) is 17.0 Å². The van der Waals surface area contributed by atoms with E-state index in [2.05, 4.69) is 69.1 Å². The Bertz CT molecular complexity index is 1180. The normalized spacial score (nSPS) is 25.9. The first-order valence-corrected chi connectivity index (χ1v) is 14.2. The lowest BCUT2D eigenvalue weighted by Gasteiger charge is -2.50. The zero-order chi connectivity index (χ0) is 26.6. The summed E-state index contributed by atoms with van der Waals surface area (Å²) >= 11 is 1.69. The van der Waals surface area contributed by atoms with Crippen molar-refractivity contribution in [2.75, 3.05) is 13.7 Å². The quantitative estimate of drug-likeness (QED) is 0.266. The van der Waals surface area contributed by atoms with Crippen LogP contribution >= 0.6 is 49.2 Å². The molecule has 6 nitrogen and oxygen atoms in total. The molecule has 3 aromatic rings. The second-order valence-corrected chi connectivity index (χ2v) is 11.0. The number of halogens is 1. The minimum atomic E-state index is -1.28. The van der Waals surface area contributed by atoms with Crippen LogP contribution in [0.4, 0.5) is 4.39 Å². The molecule has 200 valence electrons. The molecule has 0 saturated carbocycles. The molecule has 1 fully saturated rings. The van der Waals surface area contributed by atoms with Gasteiger partial charge in [0.05, 0.1) is 6.61 Å². The third-order valence-corrected chi connectivity index (χ3v) is 8.87. The molecule has 1 aliphatic heterocycles. The molecule has 2 heterocycles. The predicted molar refractivity (Wildman–Crippen MR) is 157 cm³/mol. The van der Waals surface area contributed by atoms with Crippen LogP contribution < -0.4 is 0 Å². The van der Waals surface area contributed by atoms with Crippen molar-refractivity contribution in [3.05, 3.63) is 82.0 Å². The van der Waals surface area contributed by atoms with Gasteiger partial charge in [-0.1, -0.05) is 24.3 Å². The largest absolute Gasteiger partial charge is 0.363 e. The molecule has 0 aliphatic carbocycles. The van der Waals surface area contributed by atoms with Crippen LogP contribution in [-0.2, 0) is 39.8 Å². The van der Waals surface area contributed by atoms with Crippen molar-refractivity contribution in [3.8, 4) is 10.4 Å². The fourth-order valence-electron chi connectivity index (χ4n) is 4.69. The monoisotopic (exact) mass is 602 g/mol. The molecule has 0 radical (unpaired) electrons. The van der Waals surface area contributed by atoms with Crippen LogP contribution in [0.25, 0.3) is 10.4 Å². The highest BCUT2D eigenvalue weighted by Gasteiger charge is 2.58. The van der Waals surface area contributed by atoms with Crippen LogP contribution in [-0.4, -0.2) is 38.1 Å². The zero-order valence-corrected chi connectivity index (χ0v) is 25.9. The van der Waals surface area contributed by atoms with Crippen LogP contribution in [0, 0.1) is 12.7 Å². The number of hydrogen-bond donors (Lipinski definition) is 0. The first-order chi connectivity index (χ1) is 17.9. The van der Waals surface area contributed by atoms with E-state index in [0.29, 0.717) is 0 Å². The molecule has 0 amide bonds. The third kappa shape index (κ3) is 6.17. The van der Waals surface area contributed by atoms with Crippen molar-refractivity contribution in [1.82, 2.24) is 0 Å². The number of ether oxygens (including phenoxy) is 2. The Balaban J connectivity index is 1.69. The lowest BCUT2D eigenvalue weighted by molar-refractivity contribution is -0.351. The summed E-state index contributed by atoms with van der Waals surface area (Å²) in [5.41, 5.74) is 4.05. The number of thiophene rings is 1. The fourth-order valence-corrected chi connectivity index (χ4v) is 6.87. The second-order valence-electron chi connectivity index (χ2n) is 8.71. The van der Waals surface area contributed by atoms with E-state index in [1.54, 1.807) is 30.6 Å². The molecule has 0 bridgehead atoms. The molecule has 1 saturated heterocycles. The molecular formula is C25H31FO6P4S. The van der Waals surface area contributed by atoms with Crippen molar-refractivity contribution in [3.63, 3.8) is 0 Å². The van der Waals surface area contributed by atoms with Gasteiger partial charge in [-0.25, -0.2) is 4.39 Å². The van der Waals surface area contributed by atoms with Gasteiger partial charge in [0.15, 0.2) is 0 Å². The second kappa shape index (κ2) is 13.3. The Kier molecular flexibility index (Phi) is 10.6. The summed E-state index contributed by atoms with van der Waals surface area (Å²) in [6.45, 7) is 2.32. The molecule has 1 aromatic heterocycles. The Morgan fingerprint density at radius 1 is 0.946 bits per heavy atom. The summed E-state index contributed by atoms with van der Waals surface area (Å²) in [5, 5.41) is 0. The van der Waals surface area contributed by atoms with E-state index in [0.717, 1.165) is 33.6 Å². The van der Waals surface area contributed by atoms with E-state index in [-0.39, 0.29) is 12.4 Å². The molecule has 5 unspecified atom stereocenters. The molecule has 12 heteroatoms. The molecule has 9 atom stereocenters. The standard InChI is InChI=1S/C25H31FO6P4S/c1-14-3-6-17(11-16(14)12-19-9-10-21(37-19)15-4-7-18(26)8-5-15)25(27-2)24(32-36)23(31-35)22(30-34)20(29-25)13-28-33/h3-11,20,22-24H,12-13,33-36H2,1-2H3/t20-,22-,23+,24-,25?/m1/s1. The third-order valence-electron chi connectivity index (χ3n) is 6.62. The van der Waals surface area contributed by atoms with Gasteiger partial charge in [-0.3, -0.25) is 0 Å². The van der Waals surface area contributed by atoms with E-state index >= 15 is 0 Å². The first-order valence-electron chi connectivity index (χ1n) is 11.5. The van der Waals surface area contributed by atoms with E-state index in [1.807, 2.05) is 6.07 Å². The highest BCUT2D eigenvalue weighted by molar-refractivity contribution is 7.15. The molecule has 0 N–H and O–H groups in total. The first kappa shape index (κ1) is 29.5. The smallest absolute Gasteiger partial charge is 0.225 e. The maximum Gasteiger partial charge on any atom is 0.225 e. The lowest BCUT2D eigenvalue weighted by atomic mass is 9.86. The molecule has 2 aromatic carbocycles. The van der Waals surface area contributed by atoms with Gasteiger partial charge in [0, 0.05) is 66.7 Å². The van der Waals surface area contributed by atoms with Crippen molar-refractivity contribution in [1.29, 1.82) is 0 Å². The van der Waals surface area contributed by atoms with Gasteiger partial charge in [-0.2, -0.15) is 0 Å². The SMILES string of the molecule is COC1(c2ccc(C)c(Cc3ccc(-c4ccc(F)cc4)s3)c2)O[C@H](COP)[C@@H](OP)[C@H](OP)[C@H]1OP. The maximum absolute atomic E-state index is 13.3. The van der Waals surface area contributed by atoms with Crippen molar-refractivity contribution < 1.29 is 32.0 Å². The van der Waals surface area contributed by atoms with Gasteiger partial charge in [0.25, 0.3) is 0 Å². The van der Waals surface area contributed by atoms with Gasteiger partial charge >= 0.3 is 0 Å². The van der Waals surface area contributed by atoms with Crippen LogP contribution in [0.2, 0.25) is 0 Å². The van der Waals surface area contributed by atoms with E-state index in [4.69, 9.17) is 27.6 Å². The Hall–Kier alpha value is -0.450. The zero-order valence-electron chi connectivity index (χ0n) is 20.5. The summed E-state index contributed by atoms with van der Waals surface area (Å²) in [7, 11) is 10.7. The predicted octanol–water partition coefficient (Wildman–Crippen LogP) is 5.98. The van der Waals surface area contributed by atoms with Gasteiger partial charge in [-0.15, -0.1) is 11.3 Å². The maximum atomic E-state index is 13.3. The van der Waals surface area contributed by atoms with Gasteiger partial charge in [0.2, 0.25) is 5.79 Å². The summed E-state index contributed by atoms with van der Waals surface area (Å²) in [5.74, 6) is -1.53. The summed E-state index contributed by atoms with van der Waals surface area (Å²) in [6.07, 6.45) is -1.49. The average Bonchev–Trinajstić information content (AvgIpc) is 3.38. The topological polar surface area (TPSA) is 55.4 Å². The molecule has 37 heavy (non-hydrogen) atoms. The Morgan fingerprint density at radius 2 is 1.68 bits per heavy atom. The van der Waals surface area contributed by atoms with Crippen LogP contribution in [0.5, 0.6) is 0 Å². The Labute approximate surface area is 230 Å². The molecule has 1 aliphatic rings. The van der Waals surface area contributed by atoms with Gasteiger partial charge in [-0.05, 0) is 53.9 Å². The minimum Gasteiger partial charge on any atom is -0.363 e. The van der Waals surface area contributed by atoms with Crippen molar-refractivity contribution in [2.24, 2.45) is 0 Å². The van der Waals surface area contributed by atoms with Crippen LogP contribution in [0.15, 0.2) is 54.6 Å². The fraction of sp³-hybridized carbons (Fsp3) is 0.360. The number of methoxy groups -OCH3 is 1. The highest BCUT2D eigenvalue weighted by Crippen LogP contribution is 2.45. The number of rotatable bonds is 10. The lowest BCUT2D eigenvalue weighted by Crippen LogP contribution is -2.64. The number of hydrogen-bond acceptors (Lipinski definition) is 7. The van der Waals surface area contributed by atoms with Crippen LogP contribution in [0.3, 0.4) is 0 Å². The summed E-state index contributed by atoms with van der Waals surface area (Å²) < 4.78 is 48.5. The number of benzene rings is 2. The summed E-state index contributed by atoms with van der Waals surface area (Å²) in [6, 6.07) is 16.9. The Morgan fingerprint density at radius 3 is 2.30 bits per heavy atom. The molecule has 0 spiro atoms. The van der Waals surface area contributed by atoms with E-state index in [9.17, 15) is 4.39 Å². The van der Waals surface area contributed by atoms with E-state index < -0.39 is 30.2 Å². The number of aryl methyl sites for hydroxylation is 1. The summed E-state index contributed by atoms with van der Waals surface area (Å²) in [4.78, 5) is 2.28. The molecule has 4 rings (SSSR count). The molecular weight excluding hydrogens is 571 g/mol. The van der Waals surface area contributed by atoms with Gasteiger partial charge < -0.3 is 27.6 Å². The average molecular weight is 602 g/mol. The van der Waals surface area contributed by atoms with Gasteiger partial charge in [0.1, 0.15) is 30.2 Å². The van der Waals surface area contributed by atoms with Crippen molar-refractivity contribution >= 4 is 49.2 Å². The van der Waals surface area contributed by atoms with Crippen LogP contribution in [0.1, 0.15) is 21.6 Å². The minimum absolute atomic E-state index is 0.239. The highest BCUT2D eigenvalue weighted by atomic mass is 32.1. The van der Waals surface area contributed by atoms with Crippen molar-refractivity contribution in [2.45, 2.75) is 43.5 Å².